The lowest BCUT2D eigenvalue weighted by Gasteiger charge is -2.40. The zero-order valence-corrected chi connectivity index (χ0v) is 21.1. The summed E-state index contributed by atoms with van der Waals surface area (Å²) in [5, 5.41) is 6.14. The van der Waals surface area contributed by atoms with Crippen LogP contribution in [0.15, 0.2) is 90.5 Å². The van der Waals surface area contributed by atoms with Crippen LogP contribution in [0.2, 0.25) is 0 Å². The molecule has 0 unspecified atom stereocenters. The van der Waals surface area contributed by atoms with Gasteiger partial charge in [-0.05, 0) is 64.4 Å². The third kappa shape index (κ3) is 4.09. The van der Waals surface area contributed by atoms with Crippen LogP contribution in [0.1, 0.15) is 55.0 Å². The summed E-state index contributed by atoms with van der Waals surface area (Å²) in [6.07, 6.45) is 1.47. The van der Waals surface area contributed by atoms with E-state index in [0.29, 0.717) is 13.0 Å². The lowest BCUT2D eigenvalue weighted by molar-refractivity contribution is -0.118. The number of aryl methyl sites for hydroxylation is 1. The molecule has 2 aliphatic rings. The number of carbonyl (C=O) groups is 1. The van der Waals surface area contributed by atoms with E-state index in [1.54, 1.807) is 0 Å². The number of benzene rings is 4. The first-order valence-electron chi connectivity index (χ1n) is 12.7. The van der Waals surface area contributed by atoms with Crippen molar-refractivity contribution >= 4 is 27.8 Å². The molecule has 0 amide bonds. The minimum Gasteiger partial charge on any atom is -0.489 e. The molecule has 1 N–H and O–H groups in total. The molecule has 1 aliphatic carbocycles. The first-order valence-corrected chi connectivity index (χ1v) is 12.7. The summed E-state index contributed by atoms with van der Waals surface area (Å²) in [4.78, 5) is 13.6. The normalized spacial score (nSPS) is 18.4. The molecule has 1 heterocycles. The van der Waals surface area contributed by atoms with Crippen LogP contribution in [-0.2, 0) is 11.4 Å². The zero-order chi connectivity index (χ0) is 24.9. The highest BCUT2D eigenvalue weighted by Crippen LogP contribution is 2.52. The van der Waals surface area contributed by atoms with Gasteiger partial charge >= 0.3 is 0 Å². The van der Waals surface area contributed by atoms with Gasteiger partial charge in [0, 0.05) is 23.2 Å². The number of carbonyl (C=O) groups excluding carboxylic acids is 1. The Kier molecular flexibility index (Phi) is 5.44. The second-order valence-electron chi connectivity index (χ2n) is 11.0. The van der Waals surface area contributed by atoms with E-state index in [9.17, 15) is 4.79 Å². The van der Waals surface area contributed by atoms with Crippen LogP contribution >= 0.6 is 0 Å². The third-order valence-electron chi connectivity index (χ3n) is 7.48. The van der Waals surface area contributed by atoms with Crippen LogP contribution in [-0.4, -0.2) is 5.78 Å². The van der Waals surface area contributed by atoms with Crippen molar-refractivity contribution in [3.8, 4) is 5.75 Å². The van der Waals surface area contributed by atoms with Gasteiger partial charge in [-0.3, -0.25) is 4.79 Å². The van der Waals surface area contributed by atoms with Gasteiger partial charge in [0.2, 0.25) is 0 Å². The third-order valence-corrected chi connectivity index (χ3v) is 7.48. The predicted octanol–water partition coefficient (Wildman–Crippen LogP) is 8.04. The van der Waals surface area contributed by atoms with Crippen molar-refractivity contribution in [2.24, 2.45) is 5.41 Å². The van der Waals surface area contributed by atoms with E-state index in [4.69, 9.17) is 4.74 Å². The Balaban J connectivity index is 1.36. The van der Waals surface area contributed by atoms with Crippen molar-refractivity contribution in [1.29, 1.82) is 0 Å². The predicted molar refractivity (Wildman–Crippen MR) is 147 cm³/mol. The van der Waals surface area contributed by atoms with Crippen molar-refractivity contribution in [3.63, 3.8) is 0 Å². The van der Waals surface area contributed by atoms with Crippen molar-refractivity contribution in [2.45, 2.75) is 46.3 Å². The van der Waals surface area contributed by atoms with Crippen LogP contribution in [0.3, 0.4) is 0 Å². The molecule has 0 aromatic heterocycles. The number of ether oxygens (including phenoxy) is 1. The van der Waals surface area contributed by atoms with Gasteiger partial charge in [0.25, 0.3) is 0 Å². The fourth-order valence-electron chi connectivity index (χ4n) is 5.69. The molecule has 180 valence electrons. The Morgan fingerprint density at radius 1 is 0.889 bits per heavy atom. The van der Waals surface area contributed by atoms with E-state index in [0.717, 1.165) is 34.6 Å². The molecule has 3 heteroatoms. The summed E-state index contributed by atoms with van der Waals surface area (Å²) in [5.41, 5.74) is 7.83. The summed E-state index contributed by atoms with van der Waals surface area (Å²) in [6.45, 7) is 7.03. The van der Waals surface area contributed by atoms with E-state index in [2.05, 4.69) is 98.9 Å². The lowest BCUT2D eigenvalue weighted by atomic mass is 9.68. The van der Waals surface area contributed by atoms with E-state index in [-0.39, 0.29) is 17.2 Å². The van der Waals surface area contributed by atoms with Gasteiger partial charge in [0.1, 0.15) is 12.4 Å². The van der Waals surface area contributed by atoms with Gasteiger partial charge in [-0.15, -0.1) is 0 Å². The molecule has 1 aliphatic heterocycles. The second-order valence-corrected chi connectivity index (χ2v) is 11.0. The van der Waals surface area contributed by atoms with E-state index < -0.39 is 0 Å². The molecule has 3 nitrogen and oxygen atoms in total. The van der Waals surface area contributed by atoms with Crippen LogP contribution in [0, 0.1) is 12.3 Å². The SMILES string of the molecule is Cc1ccc(COc2ccc([C@@H]3Nc4ccc5ccccc5c4C4=C3C(=O)CC(C)(C)C4)cc2)cc1. The van der Waals surface area contributed by atoms with Gasteiger partial charge < -0.3 is 10.1 Å². The van der Waals surface area contributed by atoms with Crippen molar-refractivity contribution in [2.75, 3.05) is 5.32 Å². The summed E-state index contributed by atoms with van der Waals surface area (Å²) in [5.74, 6) is 1.07. The fourth-order valence-corrected chi connectivity index (χ4v) is 5.69. The van der Waals surface area contributed by atoms with E-state index >= 15 is 0 Å². The van der Waals surface area contributed by atoms with Crippen LogP contribution < -0.4 is 10.1 Å². The van der Waals surface area contributed by atoms with Crippen molar-refractivity contribution in [1.82, 2.24) is 0 Å². The molecule has 4 aromatic rings. The molecular formula is C33H31NO2. The zero-order valence-electron chi connectivity index (χ0n) is 21.1. The quantitative estimate of drug-likeness (QED) is 0.326. The number of rotatable bonds is 4. The Morgan fingerprint density at radius 3 is 2.42 bits per heavy atom. The maximum atomic E-state index is 13.6. The van der Waals surface area contributed by atoms with Gasteiger partial charge in [0.15, 0.2) is 5.78 Å². The largest absolute Gasteiger partial charge is 0.489 e. The summed E-state index contributed by atoms with van der Waals surface area (Å²) < 4.78 is 6.03. The average molecular weight is 474 g/mol. The highest BCUT2D eigenvalue weighted by atomic mass is 16.5. The molecule has 0 fully saturated rings. The molecule has 1 atom stereocenters. The molecule has 0 radical (unpaired) electrons. The number of Topliss-reactive ketones (excluding diaryl/α,β-unsaturated/α-hetero) is 1. The second kappa shape index (κ2) is 8.67. The Morgan fingerprint density at radius 2 is 1.64 bits per heavy atom. The van der Waals surface area contributed by atoms with Gasteiger partial charge in [-0.25, -0.2) is 0 Å². The molecule has 6 rings (SSSR count). The van der Waals surface area contributed by atoms with Crippen LogP contribution in [0.25, 0.3) is 16.3 Å². The van der Waals surface area contributed by atoms with E-state index in [1.807, 2.05) is 12.1 Å². The molecule has 4 aromatic carbocycles. The maximum absolute atomic E-state index is 13.6. The topological polar surface area (TPSA) is 38.3 Å². The van der Waals surface area contributed by atoms with Gasteiger partial charge in [-0.2, -0.15) is 0 Å². The Labute approximate surface area is 212 Å². The number of fused-ring (bicyclic) bond motifs is 4. The van der Waals surface area contributed by atoms with Gasteiger partial charge in [-0.1, -0.05) is 86.1 Å². The lowest BCUT2D eigenvalue weighted by Crippen LogP contribution is -2.33. The van der Waals surface area contributed by atoms with Gasteiger partial charge in [0.05, 0.1) is 6.04 Å². The van der Waals surface area contributed by atoms with Crippen molar-refractivity contribution < 1.29 is 9.53 Å². The minimum atomic E-state index is -0.164. The fraction of sp³-hybridized carbons (Fsp3) is 0.242. The first kappa shape index (κ1) is 22.6. The number of anilines is 1. The highest BCUT2D eigenvalue weighted by molar-refractivity contribution is 6.12. The number of hydrogen-bond donors (Lipinski definition) is 1. The smallest absolute Gasteiger partial charge is 0.162 e. The number of nitrogens with one attached hydrogen (secondary N) is 1. The standard InChI is InChI=1S/C33H31NO2/c1-21-8-10-22(11-9-21)20-36-25-15-12-24(13-16-25)32-31-27(18-33(2,3)19-29(31)35)30-26-7-5-4-6-23(26)14-17-28(30)34-32/h4-17,32,34H,18-20H2,1-3H3/t32-/m0/s1. The molecule has 36 heavy (non-hydrogen) atoms. The first-order chi connectivity index (χ1) is 17.4. The molecular weight excluding hydrogens is 442 g/mol. The molecule has 0 saturated carbocycles. The van der Waals surface area contributed by atoms with E-state index in [1.165, 1.54) is 27.5 Å². The van der Waals surface area contributed by atoms with Crippen LogP contribution in [0.5, 0.6) is 5.75 Å². The Hall–Kier alpha value is -3.85. The minimum absolute atomic E-state index is 0.0559. The average Bonchev–Trinajstić information content (AvgIpc) is 2.87. The number of allylic oxidation sites excluding steroid dienone is 1. The molecule has 0 saturated heterocycles. The monoisotopic (exact) mass is 473 g/mol. The summed E-state index contributed by atoms with van der Waals surface area (Å²) in [6, 6.07) is 29.2. The summed E-state index contributed by atoms with van der Waals surface area (Å²) in [7, 11) is 0. The Bertz CT molecular complexity index is 1490. The molecule has 0 spiro atoms. The molecule has 0 bridgehead atoms. The number of hydrogen-bond acceptors (Lipinski definition) is 3. The van der Waals surface area contributed by atoms with Crippen LogP contribution in [0.4, 0.5) is 5.69 Å². The maximum Gasteiger partial charge on any atom is 0.162 e. The van der Waals surface area contributed by atoms with Crippen molar-refractivity contribution in [3.05, 3.63) is 113 Å². The summed E-state index contributed by atoms with van der Waals surface area (Å²) >= 11 is 0. The number of ketones is 1. The highest BCUT2D eigenvalue weighted by Gasteiger charge is 2.40.